The summed E-state index contributed by atoms with van der Waals surface area (Å²) in [5, 5.41) is 7.56. The Balaban J connectivity index is 2.22. The van der Waals surface area contributed by atoms with Gasteiger partial charge in [0, 0.05) is 0 Å². The number of hydrazone groups is 1. The highest BCUT2D eigenvalue weighted by Crippen LogP contribution is 2.36. The number of ether oxygens (including phenoxy) is 2. The standard InChI is InChI=1S/C15H18ClN3O4/c1-3-5-23-14-11(16)6-10(7-12(14)22-4-2)8-17-19-9-13(20)18-15(19)21/h6-8H,3-5,9H2,1-2H3,(H,18,20,21)/b17-8-. The van der Waals surface area contributed by atoms with Crippen molar-refractivity contribution in [2.75, 3.05) is 19.8 Å². The van der Waals surface area contributed by atoms with E-state index in [1.807, 2.05) is 13.8 Å². The van der Waals surface area contributed by atoms with Crippen LogP contribution in [0.5, 0.6) is 11.5 Å². The van der Waals surface area contributed by atoms with Crippen molar-refractivity contribution >= 4 is 29.8 Å². The fourth-order valence-corrected chi connectivity index (χ4v) is 2.20. The van der Waals surface area contributed by atoms with E-state index in [1.54, 1.807) is 12.1 Å². The molecule has 1 saturated heterocycles. The van der Waals surface area contributed by atoms with Gasteiger partial charge in [-0.2, -0.15) is 5.10 Å². The second-order valence-corrected chi connectivity index (χ2v) is 5.17. The Morgan fingerprint density at radius 3 is 2.74 bits per heavy atom. The molecule has 1 N–H and O–H groups in total. The van der Waals surface area contributed by atoms with Gasteiger partial charge in [0.15, 0.2) is 11.5 Å². The lowest BCUT2D eigenvalue weighted by molar-refractivity contribution is -0.118. The smallest absolute Gasteiger partial charge is 0.344 e. The number of nitrogens with one attached hydrogen (secondary N) is 1. The molecule has 1 fully saturated rings. The molecule has 0 bridgehead atoms. The Morgan fingerprint density at radius 2 is 2.13 bits per heavy atom. The van der Waals surface area contributed by atoms with Crippen molar-refractivity contribution < 1.29 is 19.1 Å². The first-order valence-corrected chi connectivity index (χ1v) is 7.67. The van der Waals surface area contributed by atoms with Crippen LogP contribution in [0.3, 0.4) is 0 Å². The summed E-state index contributed by atoms with van der Waals surface area (Å²) in [5.74, 6) is 0.613. The molecule has 1 aromatic carbocycles. The van der Waals surface area contributed by atoms with Gasteiger partial charge in [-0.15, -0.1) is 0 Å². The number of halogens is 1. The highest BCUT2D eigenvalue weighted by atomic mass is 35.5. The third-order valence-corrected chi connectivity index (χ3v) is 3.18. The lowest BCUT2D eigenvalue weighted by Crippen LogP contribution is -2.24. The summed E-state index contributed by atoms with van der Waals surface area (Å²) >= 11 is 6.24. The number of urea groups is 1. The van der Waals surface area contributed by atoms with Crippen molar-refractivity contribution in [1.82, 2.24) is 10.3 Å². The Bertz CT molecular complexity index is 633. The van der Waals surface area contributed by atoms with Crippen LogP contribution in [0.4, 0.5) is 4.79 Å². The van der Waals surface area contributed by atoms with Crippen LogP contribution in [0, 0.1) is 0 Å². The summed E-state index contributed by atoms with van der Waals surface area (Å²) in [6, 6.07) is 2.83. The van der Waals surface area contributed by atoms with Gasteiger partial charge in [-0.05, 0) is 31.0 Å². The fourth-order valence-electron chi connectivity index (χ4n) is 1.93. The van der Waals surface area contributed by atoms with E-state index in [1.165, 1.54) is 6.21 Å². The number of rotatable bonds is 7. The van der Waals surface area contributed by atoms with Gasteiger partial charge in [-0.3, -0.25) is 10.1 Å². The van der Waals surface area contributed by atoms with Gasteiger partial charge >= 0.3 is 6.03 Å². The molecule has 8 heteroatoms. The highest BCUT2D eigenvalue weighted by Gasteiger charge is 2.26. The first-order chi connectivity index (χ1) is 11.0. The number of imide groups is 1. The third-order valence-electron chi connectivity index (χ3n) is 2.90. The van der Waals surface area contributed by atoms with E-state index < -0.39 is 6.03 Å². The summed E-state index contributed by atoms with van der Waals surface area (Å²) < 4.78 is 11.2. The number of hydrogen-bond donors (Lipinski definition) is 1. The average molecular weight is 340 g/mol. The van der Waals surface area contributed by atoms with Crippen LogP contribution in [0.15, 0.2) is 17.2 Å². The first kappa shape index (κ1) is 17.1. The van der Waals surface area contributed by atoms with Crippen LogP contribution in [-0.2, 0) is 4.79 Å². The molecule has 124 valence electrons. The maximum absolute atomic E-state index is 11.4. The van der Waals surface area contributed by atoms with Crippen molar-refractivity contribution in [2.24, 2.45) is 5.10 Å². The third kappa shape index (κ3) is 4.35. The monoisotopic (exact) mass is 339 g/mol. The maximum Gasteiger partial charge on any atom is 0.344 e. The molecule has 0 saturated carbocycles. The summed E-state index contributed by atoms with van der Waals surface area (Å²) in [7, 11) is 0. The van der Waals surface area contributed by atoms with Gasteiger partial charge in [0.05, 0.1) is 24.5 Å². The summed E-state index contributed by atoms with van der Waals surface area (Å²) in [4.78, 5) is 22.5. The minimum absolute atomic E-state index is 0.0981. The van der Waals surface area contributed by atoms with Crippen LogP contribution >= 0.6 is 11.6 Å². The van der Waals surface area contributed by atoms with E-state index in [0.29, 0.717) is 35.3 Å². The largest absolute Gasteiger partial charge is 0.490 e. The van der Waals surface area contributed by atoms with E-state index in [4.69, 9.17) is 21.1 Å². The van der Waals surface area contributed by atoms with E-state index in [0.717, 1.165) is 11.4 Å². The fraction of sp³-hybridized carbons (Fsp3) is 0.400. The molecule has 1 heterocycles. The molecule has 2 rings (SSSR count). The zero-order valence-electron chi connectivity index (χ0n) is 13.0. The lowest BCUT2D eigenvalue weighted by atomic mass is 10.2. The lowest BCUT2D eigenvalue weighted by Gasteiger charge is -2.14. The number of carbonyl (C=O) groups is 2. The Kier molecular flexibility index (Phi) is 5.81. The van der Waals surface area contributed by atoms with Crippen LogP contribution < -0.4 is 14.8 Å². The molecule has 0 radical (unpaired) electrons. The Labute approximate surface area is 139 Å². The quantitative estimate of drug-likeness (QED) is 0.611. The predicted octanol–water partition coefficient (Wildman–Crippen LogP) is 2.41. The van der Waals surface area contributed by atoms with Gasteiger partial charge in [-0.25, -0.2) is 9.80 Å². The summed E-state index contributed by atoms with van der Waals surface area (Å²) in [6.45, 7) is 4.75. The minimum Gasteiger partial charge on any atom is -0.490 e. The van der Waals surface area contributed by atoms with E-state index in [-0.39, 0.29) is 12.5 Å². The molecule has 0 unspecified atom stereocenters. The SMILES string of the molecule is CCCOc1c(Cl)cc(/C=N\N2CC(=O)NC2=O)cc1OCC. The predicted molar refractivity (Wildman–Crippen MR) is 86.2 cm³/mol. The van der Waals surface area contributed by atoms with E-state index in [2.05, 4.69) is 10.4 Å². The second kappa shape index (κ2) is 7.82. The van der Waals surface area contributed by atoms with Gasteiger partial charge < -0.3 is 9.47 Å². The van der Waals surface area contributed by atoms with Gasteiger partial charge in [0.25, 0.3) is 0 Å². The van der Waals surface area contributed by atoms with Crippen LogP contribution in [0.25, 0.3) is 0 Å². The molecule has 7 nitrogen and oxygen atoms in total. The number of carbonyl (C=O) groups excluding carboxylic acids is 2. The van der Waals surface area contributed by atoms with E-state index in [9.17, 15) is 9.59 Å². The summed E-state index contributed by atoms with van der Waals surface area (Å²) in [6.07, 6.45) is 2.29. The highest BCUT2D eigenvalue weighted by molar-refractivity contribution is 6.32. The van der Waals surface area contributed by atoms with Gasteiger partial charge in [-0.1, -0.05) is 18.5 Å². The molecule has 1 aromatic rings. The number of amides is 3. The van der Waals surface area contributed by atoms with E-state index >= 15 is 0 Å². The molecular formula is C15H18ClN3O4. The zero-order chi connectivity index (χ0) is 16.8. The normalized spacial score (nSPS) is 14.5. The maximum atomic E-state index is 11.4. The molecule has 0 atom stereocenters. The molecule has 1 aliphatic heterocycles. The Morgan fingerprint density at radius 1 is 1.35 bits per heavy atom. The number of nitrogens with zero attached hydrogens (tertiary/aromatic N) is 2. The zero-order valence-corrected chi connectivity index (χ0v) is 13.7. The molecular weight excluding hydrogens is 322 g/mol. The number of hydrogen-bond acceptors (Lipinski definition) is 5. The van der Waals surface area contributed by atoms with Crippen LogP contribution in [0.1, 0.15) is 25.8 Å². The minimum atomic E-state index is -0.551. The Hall–Kier alpha value is -2.28. The van der Waals surface area contributed by atoms with Gasteiger partial charge in [0.2, 0.25) is 5.91 Å². The van der Waals surface area contributed by atoms with Crippen LogP contribution in [-0.4, -0.2) is 42.9 Å². The molecule has 3 amide bonds. The molecule has 0 aliphatic carbocycles. The van der Waals surface area contributed by atoms with Crippen molar-refractivity contribution in [3.63, 3.8) is 0 Å². The van der Waals surface area contributed by atoms with Gasteiger partial charge in [0.1, 0.15) is 6.54 Å². The van der Waals surface area contributed by atoms with Crippen LogP contribution in [0.2, 0.25) is 5.02 Å². The molecule has 1 aliphatic rings. The van der Waals surface area contributed by atoms with Crippen molar-refractivity contribution in [3.05, 3.63) is 22.7 Å². The van der Waals surface area contributed by atoms with Crippen molar-refractivity contribution in [2.45, 2.75) is 20.3 Å². The first-order valence-electron chi connectivity index (χ1n) is 7.29. The average Bonchev–Trinajstić information content (AvgIpc) is 2.82. The molecule has 0 aromatic heterocycles. The second-order valence-electron chi connectivity index (χ2n) is 4.77. The van der Waals surface area contributed by atoms with Crippen molar-refractivity contribution in [1.29, 1.82) is 0 Å². The van der Waals surface area contributed by atoms with Crippen molar-refractivity contribution in [3.8, 4) is 11.5 Å². The summed E-state index contributed by atoms with van der Waals surface area (Å²) in [5.41, 5.74) is 0.634. The topological polar surface area (TPSA) is 80.2 Å². The number of benzene rings is 1. The molecule has 23 heavy (non-hydrogen) atoms. The molecule has 0 spiro atoms.